The Morgan fingerprint density at radius 1 is 1.07 bits per heavy atom. The van der Waals surface area contributed by atoms with Gasteiger partial charge in [0.2, 0.25) is 0 Å². The van der Waals surface area contributed by atoms with E-state index >= 15 is 0 Å². The Labute approximate surface area is 93.8 Å². The van der Waals surface area contributed by atoms with Gasteiger partial charge in [0.15, 0.2) is 0 Å². The number of unbranched alkanes of at least 4 members (excludes halogenated alkanes) is 7. The molecule has 0 spiro atoms. The van der Waals surface area contributed by atoms with Crippen molar-refractivity contribution >= 4 is 5.91 Å². The Balaban J connectivity index is 2.99. The molecule has 0 unspecified atom stereocenters. The van der Waals surface area contributed by atoms with Crippen LogP contribution in [0.1, 0.15) is 58.3 Å². The number of hydrogen-bond acceptors (Lipinski definition) is 1. The van der Waals surface area contributed by atoms with Gasteiger partial charge in [-0.2, -0.15) is 0 Å². The molecule has 0 fully saturated rings. The molecule has 0 saturated carbocycles. The molecule has 15 heavy (non-hydrogen) atoms. The first kappa shape index (κ1) is 14.0. The average molecular weight is 209 g/mol. The van der Waals surface area contributed by atoms with Crippen LogP contribution < -0.4 is 5.32 Å². The van der Waals surface area contributed by atoms with Gasteiger partial charge in [0.25, 0.3) is 5.91 Å². The van der Waals surface area contributed by atoms with E-state index in [9.17, 15) is 4.79 Å². The van der Waals surface area contributed by atoms with Crippen LogP contribution in [0.4, 0.5) is 0 Å². The van der Waals surface area contributed by atoms with E-state index in [1.807, 2.05) is 5.92 Å². The van der Waals surface area contributed by atoms with Gasteiger partial charge >= 0.3 is 0 Å². The summed E-state index contributed by atoms with van der Waals surface area (Å²) in [5.41, 5.74) is 0. The number of rotatable bonds is 9. The molecule has 0 rings (SSSR count). The number of carbonyl (C=O) groups is 1. The molecule has 2 heteroatoms. The van der Waals surface area contributed by atoms with Crippen LogP contribution in [0.2, 0.25) is 0 Å². The molecule has 0 aliphatic carbocycles. The molecular weight excluding hydrogens is 186 g/mol. The number of carbonyl (C=O) groups excluding carboxylic acids is 1. The molecule has 0 aromatic carbocycles. The summed E-state index contributed by atoms with van der Waals surface area (Å²) in [5, 5.41) is 2.67. The molecule has 0 radical (unpaired) electrons. The predicted octanol–water partition coefficient (Wildman–Crippen LogP) is 2.88. The van der Waals surface area contributed by atoms with Gasteiger partial charge < -0.3 is 5.32 Å². The summed E-state index contributed by atoms with van der Waals surface area (Å²) >= 11 is 0. The summed E-state index contributed by atoms with van der Waals surface area (Å²) in [7, 11) is 0. The maximum absolute atomic E-state index is 10.7. The average Bonchev–Trinajstić information content (AvgIpc) is 2.26. The van der Waals surface area contributed by atoms with Gasteiger partial charge in [-0.1, -0.05) is 51.9 Å². The van der Waals surface area contributed by atoms with Crippen LogP contribution in [0.3, 0.4) is 0 Å². The minimum absolute atomic E-state index is 0.294. The van der Waals surface area contributed by atoms with Crippen molar-refractivity contribution in [3.05, 3.63) is 0 Å². The fourth-order valence-corrected chi connectivity index (χ4v) is 1.51. The zero-order chi connectivity index (χ0) is 11.4. The first-order chi connectivity index (χ1) is 7.31. The summed E-state index contributed by atoms with van der Waals surface area (Å²) in [6.45, 7) is 2.95. The lowest BCUT2D eigenvalue weighted by molar-refractivity contribution is -0.115. The molecule has 0 aliphatic rings. The molecule has 0 aromatic rings. The van der Waals surface area contributed by atoms with Crippen molar-refractivity contribution in [3.63, 3.8) is 0 Å². The molecule has 2 nitrogen and oxygen atoms in total. The molecule has 0 bridgehead atoms. The standard InChI is InChI=1S/C13H23NO/c1-3-5-6-7-8-9-10-11-12-14-13(15)4-2/h2H,3,5-12H2,1H3,(H,14,15). The van der Waals surface area contributed by atoms with Crippen LogP contribution in [0.25, 0.3) is 0 Å². The maximum atomic E-state index is 10.7. The summed E-state index contributed by atoms with van der Waals surface area (Å²) in [6, 6.07) is 0. The zero-order valence-corrected chi connectivity index (χ0v) is 9.85. The number of hydrogen-bond donors (Lipinski definition) is 1. The van der Waals surface area contributed by atoms with E-state index in [0.29, 0.717) is 0 Å². The van der Waals surface area contributed by atoms with Crippen molar-refractivity contribution in [2.45, 2.75) is 58.3 Å². The largest absolute Gasteiger partial charge is 0.345 e. The lowest BCUT2D eigenvalue weighted by Gasteiger charge is -2.02. The molecular formula is C13H23NO. The van der Waals surface area contributed by atoms with Crippen molar-refractivity contribution in [1.29, 1.82) is 0 Å². The molecule has 0 aliphatic heterocycles. The third-order valence-corrected chi connectivity index (χ3v) is 2.45. The molecule has 0 saturated heterocycles. The van der Waals surface area contributed by atoms with E-state index in [0.717, 1.165) is 13.0 Å². The molecule has 1 N–H and O–H groups in total. The second-order valence-electron chi connectivity index (χ2n) is 3.88. The Morgan fingerprint density at radius 3 is 2.13 bits per heavy atom. The highest BCUT2D eigenvalue weighted by atomic mass is 16.1. The highest BCUT2D eigenvalue weighted by Crippen LogP contribution is 2.07. The maximum Gasteiger partial charge on any atom is 0.295 e. The van der Waals surface area contributed by atoms with Gasteiger partial charge in [0, 0.05) is 6.54 Å². The SMILES string of the molecule is C#CC(=O)NCCCCCCCCCC. The van der Waals surface area contributed by atoms with Crippen molar-refractivity contribution < 1.29 is 4.79 Å². The Morgan fingerprint density at radius 2 is 1.60 bits per heavy atom. The Hall–Kier alpha value is -0.970. The second kappa shape index (κ2) is 11.1. The topological polar surface area (TPSA) is 29.1 Å². The van der Waals surface area contributed by atoms with Crippen LogP contribution in [0.5, 0.6) is 0 Å². The van der Waals surface area contributed by atoms with E-state index in [-0.39, 0.29) is 5.91 Å². The predicted molar refractivity (Wildman–Crippen MR) is 64.5 cm³/mol. The number of terminal acetylenes is 1. The first-order valence-corrected chi connectivity index (χ1v) is 6.05. The summed E-state index contributed by atoms with van der Waals surface area (Å²) < 4.78 is 0. The quantitative estimate of drug-likeness (QED) is 0.459. The molecule has 0 heterocycles. The van der Waals surface area contributed by atoms with Gasteiger partial charge in [0.05, 0.1) is 0 Å². The molecule has 1 amide bonds. The Kier molecular flexibility index (Phi) is 10.4. The summed E-state index contributed by atoms with van der Waals surface area (Å²) in [4.78, 5) is 10.7. The van der Waals surface area contributed by atoms with Gasteiger partial charge in [-0.25, -0.2) is 0 Å². The molecule has 0 aromatic heterocycles. The minimum Gasteiger partial charge on any atom is -0.345 e. The highest BCUT2D eigenvalue weighted by molar-refractivity contribution is 5.92. The fraction of sp³-hybridized carbons (Fsp3) is 0.769. The van der Waals surface area contributed by atoms with Crippen LogP contribution in [0.15, 0.2) is 0 Å². The van der Waals surface area contributed by atoms with Gasteiger partial charge in [-0.15, -0.1) is 6.42 Å². The third kappa shape index (κ3) is 11.0. The van der Waals surface area contributed by atoms with E-state index < -0.39 is 0 Å². The minimum atomic E-state index is -0.294. The monoisotopic (exact) mass is 209 g/mol. The lowest BCUT2D eigenvalue weighted by Crippen LogP contribution is -2.22. The third-order valence-electron chi connectivity index (χ3n) is 2.45. The fourth-order valence-electron chi connectivity index (χ4n) is 1.51. The summed E-state index contributed by atoms with van der Waals surface area (Å²) in [6.07, 6.45) is 15.1. The van der Waals surface area contributed by atoms with Crippen molar-refractivity contribution in [1.82, 2.24) is 5.32 Å². The number of amides is 1. The van der Waals surface area contributed by atoms with Crippen molar-refractivity contribution in [2.24, 2.45) is 0 Å². The van der Waals surface area contributed by atoms with Gasteiger partial charge in [0.1, 0.15) is 0 Å². The molecule has 86 valence electrons. The molecule has 0 atom stereocenters. The highest BCUT2D eigenvalue weighted by Gasteiger charge is 1.94. The number of nitrogens with one attached hydrogen (secondary N) is 1. The van der Waals surface area contributed by atoms with E-state index in [4.69, 9.17) is 6.42 Å². The van der Waals surface area contributed by atoms with Crippen LogP contribution >= 0.6 is 0 Å². The smallest absolute Gasteiger partial charge is 0.295 e. The first-order valence-electron chi connectivity index (χ1n) is 6.05. The Bertz CT molecular complexity index is 193. The lowest BCUT2D eigenvalue weighted by atomic mass is 10.1. The zero-order valence-electron chi connectivity index (χ0n) is 9.85. The van der Waals surface area contributed by atoms with Crippen molar-refractivity contribution in [2.75, 3.05) is 6.54 Å². The second-order valence-corrected chi connectivity index (χ2v) is 3.88. The van der Waals surface area contributed by atoms with Crippen molar-refractivity contribution in [3.8, 4) is 12.3 Å². The van der Waals surface area contributed by atoms with E-state index in [2.05, 4.69) is 12.2 Å². The summed E-state index contributed by atoms with van der Waals surface area (Å²) in [5.74, 6) is 1.75. The van der Waals surface area contributed by atoms with Gasteiger partial charge in [-0.3, -0.25) is 4.79 Å². The van der Waals surface area contributed by atoms with Gasteiger partial charge in [-0.05, 0) is 12.3 Å². The van der Waals surface area contributed by atoms with E-state index in [1.54, 1.807) is 0 Å². The van der Waals surface area contributed by atoms with E-state index in [1.165, 1.54) is 44.9 Å². The van der Waals surface area contributed by atoms with Crippen LogP contribution in [-0.2, 0) is 4.79 Å². The van der Waals surface area contributed by atoms with Crippen LogP contribution in [-0.4, -0.2) is 12.5 Å². The normalized spacial score (nSPS) is 9.60. The van der Waals surface area contributed by atoms with Crippen LogP contribution in [0, 0.1) is 12.3 Å².